The van der Waals surface area contributed by atoms with Gasteiger partial charge in [0.05, 0.1) is 29.6 Å². The minimum Gasteiger partial charge on any atom is -0.375 e. The van der Waals surface area contributed by atoms with Gasteiger partial charge in [-0.1, -0.05) is 11.6 Å². The summed E-state index contributed by atoms with van der Waals surface area (Å²) < 4.78 is 16.5. The van der Waals surface area contributed by atoms with Crippen molar-refractivity contribution in [3.63, 3.8) is 0 Å². The zero-order chi connectivity index (χ0) is 10.8. The summed E-state index contributed by atoms with van der Waals surface area (Å²) >= 11 is 5.96. The summed E-state index contributed by atoms with van der Waals surface area (Å²) in [7, 11) is -1.23. The molecule has 0 fully saturated rings. The van der Waals surface area contributed by atoms with E-state index in [0.717, 1.165) is 5.56 Å². The molecule has 0 amide bonds. The highest BCUT2D eigenvalue weighted by Crippen LogP contribution is 2.24. The summed E-state index contributed by atoms with van der Waals surface area (Å²) in [6.45, 7) is 1.64. The Balaban J connectivity index is 2.48. The molecule has 1 N–H and O–H groups in total. The zero-order valence-electron chi connectivity index (χ0n) is 8.12. The number of nitrogens with one attached hydrogen (secondary N) is 1. The lowest BCUT2D eigenvalue weighted by Gasteiger charge is -2.07. The number of aromatic nitrogens is 2. The van der Waals surface area contributed by atoms with Crippen LogP contribution in [0.1, 0.15) is 5.56 Å². The second-order valence-corrected chi connectivity index (χ2v) is 4.69. The second-order valence-electron chi connectivity index (χ2n) is 3.06. The van der Waals surface area contributed by atoms with Crippen LogP contribution in [0.15, 0.2) is 5.16 Å². The quantitative estimate of drug-likeness (QED) is 0.588. The molecule has 1 aromatic heterocycles. The monoisotopic (exact) mass is 247 g/mol. The Hall–Kier alpha value is -0.720. The fourth-order valence-corrected chi connectivity index (χ4v) is 1.97. The first-order valence-electron chi connectivity index (χ1n) is 4.40. The van der Waals surface area contributed by atoms with E-state index < -0.39 is 10.8 Å². The van der Waals surface area contributed by atoms with Gasteiger partial charge < -0.3 is 10.1 Å². The maximum Gasteiger partial charge on any atom is 0.221 e. The van der Waals surface area contributed by atoms with E-state index in [1.165, 1.54) is 6.26 Å². The van der Waals surface area contributed by atoms with Crippen molar-refractivity contribution in [1.82, 2.24) is 9.97 Å². The van der Waals surface area contributed by atoms with Gasteiger partial charge in [0, 0.05) is 12.8 Å². The summed E-state index contributed by atoms with van der Waals surface area (Å²) in [5.74, 6) is 0.623. The minimum atomic E-state index is -1.23. The van der Waals surface area contributed by atoms with Crippen molar-refractivity contribution in [2.75, 3.05) is 24.7 Å². The van der Waals surface area contributed by atoms with Gasteiger partial charge in [-0.25, -0.2) is 9.97 Å². The molecular formula is C8H10ClN3O2S. The third kappa shape index (κ3) is 2.27. The number of anilines is 1. The molecule has 0 saturated carbocycles. The molecule has 0 aliphatic carbocycles. The lowest BCUT2D eigenvalue weighted by molar-refractivity contribution is 0.134. The maximum atomic E-state index is 11.2. The van der Waals surface area contributed by atoms with Crippen LogP contribution in [0.2, 0.25) is 5.15 Å². The molecule has 82 valence electrons. The van der Waals surface area contributed by atoms with Crippen LogP contribution in [0.3, 0.4) is 0 Å². The Labute approximate surface area is 94.7 Å². The lowest BCUT2D eigenvalue weighted by Crippen LogP contribution is -2.08. The molecule has 1 aromatic rings. The molecule has 0 aromatic carbocycles. The van der Waals surface area contributed by atoms with Crippen LogP contribution >= 0.6 is 11.6 Å². The number of nitrogens with zero attached hydrogens (tertiary/aromatic N) is 2. The number of ether oxygens (including phenoxy) is 1. The van der Waals surface area contributed by atoms with Crippen LogP contribution < -0.4 is 5.32 Å². The summed E-state index contributed by atoms with van der Waals surface area (Å²) in [5.41, 5.74) is 0.725. The van der Waals surface area contributed by atoms with Crippen LogP contribution in [0, 0.1) is 0 Å². The first-order chi connectivity index (χ1) is 7.18. The summed E-state index contributed by atoms with van der Waals surface area (Å²) in [6.07, 6.45) is 1.52. The molecule has 0 saturated heterocycles. The van der Waals surface area contributed by atoms with Gasteiger partial charge in [-0.15, -0.1) is 0 Å². The third-order valence-electron chi connectivity index (χ3n) is 1.98. The van der Waals surface area contributed by atoms with Gasteiger partial charge >= 0.3 is 0 Å². The lowest BCUT2D eigenvalue weighted by atomic mass is 10.3. The van der Waals surface area contributed by atoms with Crippen LogP contribution in [0.25, 0.3) is 0 Å². The highest BCUT2D eigenvalue weighted by molar-refractivity contribution is 7.84. The van der Waals surface area contributed by atoms with Crippen molar-refractivity contribution >= 4 is 28.2 Å². The Morgan fingerprint density at radius 3 is 3.07 bits per heavy atom. The van der Waals surface area contributed by atoms with Gasteiger partial charge in [0.15, 0.2) is 0 Å². The molecule has 1 aliphatic heterocycles. The molecule has 1 aliphatic rings. The van der Waals surface area contributed by atoms with Gasteiger partial charge in [-0.3, -0.25) is 4.21 Å². The number of rotatable bonds is 1. The van der Waals surface area contributed by atoms with Crippen molar-refractivity contribution in [2.24, 2.45) is 0 Å². The van der Waals surface area contributed by atoms with E-state index in [-0.39, 0.29) is 5.16 Å². The van der Waals surface area contributed by atoms with E-state index in [0.29, 0.717) is 30.7 Å². The van der Waals surface area contributed by atoms with Crippen LogP contribution in [-0.2, 0) is 22.1 Å². The fraction of sp³-hybridized carbons (Fsp3) is 0.500. The molecule has 5 nitrogen and oxygen atoms in total. The number of hydrogen-bond donors (Lipinski definition) is 1. The van der Waals surface area contributed by atoms with E-state index in [2.05, 4.69) is 15.3 Å². The van der Waals surface area contributed by atoms with E-state index in [4.69, 9.17) is 16.3 Å². The van der Waals surface area contributed by atoms with Crippen molar-refractivity contribution in [3.05, 3.63) is 10.7 Å². The van der Waals surface area contributed by atoms with Gasteiger partial charge in [0.2, 0.25) is 5.16 Å². The van der Waals surface area contributed by atoms with E-state index >= 15 is 0 Å². The standard InChI is InChI=1S/C8H10ClN3O2S/c1-15(13)8-11-6(9)5-4-14-3-2-10-7(5)12-8/h2-4H2,1H3,(H,10,11,12). The van der Waals surface area contributed by atoms with Crippen LogP contribution in [0.5, 0.6) is 0 Å². The predicted molar refractivity (Wildman–Crippen MR) is 57.5 cm³/mol. The van der Waals surface area contributed by atoms with Crippen molar-refractivity contribution < 1.29 is 8.95 Å². The SMILES string of the molecule is CS(=O)c1nc(Cl)c2c(n1)NCCOC2. The summed E-state index contributed by atoms with van der Waals surface area (Å²) in [6, 6.07) is 0. The van der Waals surface area contributed by atoms with E-state index in [1.807, 2.05) is 0 Å². The summed E-state index contributed by atoms with van der Waals surface area (Å²) in [5, 5.41) is 3.62. The molecule has 2 rings (SSSR count). The average molecular weight is 248 g/mol. The van der Waals surface area contributed by atoms with E-state index in [1.54, 1.807) is 0 Å². The van der Waals surface area contributed by atoms with Gasteiger partial charge in [-0.05, 0) is 0 Å². The van der Waals surface area contributed by atoms with Crippen molar-refractivity contribution in [2.45, 2.75) is 11.8 Å². The largest absolute Gasteiger partial charge is 0.375 e. The minimum absolute atomic E-state index is 0.244. The number of fused-ring (bicyclic) bond motifs is 1. The smallest absolute Gasteiger partial charge is 0.221 e. The first kappa shape index (κ1) is 10.8. The van der Waals surface area contributed by atoms with Crippen molar-refractivity contribution in [3.8, 4) is 0 Å². The topological polar surface area (TPSA) is 64.1 Å². The van der Waals surface area contributed by atoms with Crippen LogP contribution in [-0.4, -0.2) is 33.6 Å². The highest BCUT2D eigenvalue weighted by atomic mass is 35.5. The Bertz CT molecular complexity index is 413. The fourth-order valence-electron chi connectivity index (χ4n) is 1.26. The Morgan fingerprint density at radius 2 is 2.33 bits per heavy atom. The number of halogens is 1. The molecule has 7 heteroatoms. The molecule has 0 radical (unpaired) electrons. The van der Waals surface area contributed by atoms with Gasteiger partial charge in [0.1, 0.15) is 11.0 Å². The Morgan fingerprint density at radius 1 is 1.53 bits per heavy atom. The molecule has 1 unspecified atom stereocenters. The van der Waals surface area contributed by atoms with Gasteiger partial charge in [0.25, 0.3) is 0 Å². The second kappa shape index (κ2) is 4.42. The molecular weight excluding hydrogens is 238 g/mol. The Kier molecular flexibility index (Phi) is 3.18. The summed E-state index contributed by atoms with van der Waals surface area (Å²) in [4.78, 5) is 8.11. The molecule has 2 heterocycles. The van der Waals surface area contributed by atoms with E-state index in [9.17, 15) is 4.21 Å². The normalized spacial score (nSPS) is 17.5. The number of hydrogen-bond acceptors (Lipinski definition) is 5. The maximum absolute atomic E-state index is 11.2. The first-order valence-corrected chi connectivity index (χ1v) is 6.33. The molecule has 0 spiro atoms. The van der Waals surface area contributed by atoms with Crippen LogP contribution in [0.4, 0.5) is 5.82 Å². The molecule has 0 bridgehead atoms. The highest BCUT2D eigenvalue weighted by Gasteiger charge is 2.16. The molecule has 1 atom stereocenters. The third-order valence-corrected chi connectivity index (χ3v) is 2.99. The van der Waals surface area contributed by atoms with Crippen molar-refractivity contribution in [1.29, 1.82) is 0 Å². The average Bonchev–Trinajstić information content (AvgIpc) is 2.42. The zero-order valence-corrected chi connectivity index (χ0v) is 9.69. The predicted octanol–water partition coefficient (Wildman–Crippen LogP) is 0.809. The molecule has 15 heavy (non-hydrogen) atoms. The van der Waals surface area contributed by atoms with Gasteiger partial charge in [-0.2, -0.15) is 0 Å².